The summed E-state index contributed by atoms with van der Waals surface area (Å²) >= 11 is 0. The van der Waals surface area contributed by atoms with Crippen molar-refractivity contribution in [1.29, 1.82) is 0 Å². The Morgan fingerprint density at radius 3 is 2.53 bits per heavy atom. The molecule has 32 heavy (non-hydrogen) atoms. The predicted octanol–water partition coefficient (Wildman–Crippen LogP) is 3.26. The third kappa shape index (κ3) is 6.20. The van der Waals surface area contributed by atoms with E-state index in [-0.39, 0.29) is 31.2 Å². The topological polar surface area (TPSA) is 76.5 Å². The Hall–Kier alpha value is -3.61. The van der Waals surface area contributed by atoms with Crippen LogP contribution >= 0.6 is 0 Å². The van der Waals surface area contributed by atoms with Gasteiger partial charge in [-0.15, -0.1) is 0 Å². The minimum Gasteiger partial charge on any atom is -0.484 e. The van der Waals surface area contributed by atoms with Crippen LogP contribution in [0.3, 0.4) is 0 Å². The molecule has 0 aliphatic rings. The lowest BCUT2D eigenvalue weighted by atomic mass is 10.1. The number of hydrogen-bond donors (Lipinski definition) is 1. The summed E-state index contributed by atoms with van der Waals surface area (Å²) in [4.78, 5) is 26.5. The van der Waals surface area contributed by atoms with Crippen LogP contribution in [0, 0.1) is 6.92 Å². The number of nitrogens with one attached hydrogen (secondary N) is 1. The van der Waals surface area contributed by atoms with Gasteiger partial charge in [-0.1, -0.05) is 35.9 Å². The van der Waals surface area contributed by atoms with Gasteiger partial charge in [0.25, 0.3) is 11.5 Å². The Balaban J connectivity index is 1.52. The molecule has 1 N–H and O–H groups in total. The second-order valence-electron chi connectivity index (χ2n) is 7.45. The largest absolute Gasteiger partial charge is 0.484 e. The normalized spacial score (nSPS) is 10.6. The highest BCUT2D eigenvalue weighted by Crippen LogP contribution is 2.21. The molecule has 0 unspecified atom stereocenters. The van der Waals surface area contributed by atoms with Crippen molar-refractivity contribution in [3.05, 3.63) is 76.6 Å². The zero-order chi connectivity index (χ0) is 22.9. The molecule has 168 valence electrons. The van der Waals surface area contributed by atoms with Crippen LogP contribution in [0.1, 0.15) is 19.4 Å². The van der Waals surface area contributed by atoms with Crippen molar-refractivity contribution in [2.45, 2.75) is 27.3 Å². The maximum Gasteiger partial charge on any atom is 0.266 e. The minimum atomic E-state index is -0.249. The van der Waals surface area contributed by atoms with Gasteiger partial charge in [0.05, 0.1) is 12.2 Å². The van der Waals surface area contributed by atoms with E-state index in [1.807, 2.05) is 55.5 Å². The fourth-order valence-corrected chi connectivity index (χ4v) is 3.35. The van der Waals surface area contributed by atoms with Crippen LogP contribution in [0.25, 0.3) is 11.3 Å². The van der Waals surface area contributed by atoms with E-state index >= 15 is 0 Å². The lowest BCUT2D eigenvalue weighted by molar-refractivity contribution is -0.123. The van der Waals surface area contributed by atoms with Crippen LogP contribution in [-0.4, -0.2) is 41.9 Å². The number of carbonyl (C=O) groups excluding carboxylic acids is 1. The summed E-state index contributed by atoms with van der Waals surface area (Å²) in [6, 6.07) is 18.9. The lowest BCUT2D eigenvalue weighted by Crippen LogP contribution is -2.34. The first-order valence-corrected chi connectivity index (χ1v) is 10.9. The molecule has 0 aliphatic heterocycles. The summed E-state index contributed by atoms with van der Waals surface area (Å²) in [5, 5.41) is 7.20. The predicted molar refractivity (Wildman–Crippen MR) is 127 cm³/mol. The minimum absolute atomic E-state index is 0.0898. The number of ether oxygens (including phenoxy) is 1. The zero-order valence-corrected chi connectivity index (χ0v) is 18.9. The smallest absolute Gasteiger partial charge is 0.266 e. The van der Waals surface area contributed by atoms with Crippen molar-refractivity contribution in [2.24, 2.45) is 0 Å². The number of rotatable bonds is 10. The van der Waals surface area contributed by atoms with E-state index < -0.39 is 0 Å². The van der Waals surface area contributed by atoms with Gasteiger partial charge in [-0.25, -0.2) is 4.68 Å². The first-order chi connectivity index (χ1) is 15.5. The molecule has 0 aliphatic carbocycles. The standard InChI is InChI=1S/C25H30N4O3/c1-4-28(5-2)21-7-6-8-22(17-21)32-18-24(30)26-15-16-29-25(31)14-13-23(27-29)20-11-9-19(3)10-12-20/h6-14,17H,4-5,15-16,18H2,1-3H3,(H,26,30). The monoisotopic (exact) mass is 434 g/mol. The fraction of sp³-hybridized carbons (Fsp3) is 0.320. The summed E-state index contributed by atoms with van der Waals surface area (Å²) in [5.41, 5.74) is 3.67. The second-order valence-corrected chi connectivity index (χ2v) is 7.45. The molecule has 1 amide bonds. The Morgan fingerprint density at radius 2 is 1.81 bits per heavy atom. The highest BCUT2D eigenvalue weighted by Gasteiger charge is 2.07. The first kappa shape index (κ1) is 23.1. The van der Waals surface area contributed by atoms with Crippen LogP contribution in [0.4, 0.5) is 5.69 Å². The molecule has 3 aromatic rings. The molecule has 0 saturated carbocycles. The number of carbonyl (C=O) groups is 1. The highest BCUT2D eigenvalue weighted by molar-refractivity contribution is 5.77. The van der Waals surface area contributed by atoms with Crippen LogP contribution in [0.2, 0.25) is 0 Å². The summed E-state index contributed by atoms with van der Waals surface area (Å²) < 4.78 is 7.00. The third-order valence-corrected chi connectivity index (χ3v) is 5.18. The molecule has 0 saturated heterocycles. The average molecular weight is 435 g/mol. The van der Waals surface area contributed by atoms with Crippen molar-refractivity contribution >= 4 is 11.6 Å². The van der Waals surface area contributed by atoms with Gasteiger partial charge >= 0.3 is 0 Å². The molecular formula is C25H30N4O3. The lowest BCUT2D eigenvalue weighted by Gasteiger charge is -2.21. The molecule has 0 radical (unpaired) electrons. The fourth-order valence-electron chi connectivity index (χ4n) is 3.35. The van der Waals surface area contributed by atoms with Crippen LogP contribution in [0.15, 0.2) is 65.5 Å². The quantitative estimate of drug-likeness (QED) is 0.530. The van der Waals surface area contributed by atoms with E-state index in [0.717, 1.165) is 29.9 Å². The van der Waals surface area contributed by atoms with Crippen LogP contribution in [0.5, 0.6) is 5.75 Å². The number of nitrogens with zero attached hydrogens (tertiary/aromatic N) is 3. The third-order valence-electron chi connectivity index (χ3n) is 5.18. The van der Waals surface area contributed by atoms with Gasteiger partial charge in [-0.2, -0.15) is 5.10 Å². The summed E-state index contributed by atoms with van der Waals surface area (Å²) in [6.07, 6.45) is 0. The van der Waals surface area contributed by atoms with Gasteiger partial charge in [0.1, 0.15) is 5.75 Å². The van der Waals surface area contributed by atoms with Gasteiger partial charge in [-0.3, -0.25) is 9.59 Å². The van der Waals surface area contributed by atoms with Crippen molar-refractivity contribution in [2.75, 3.05) is 31.1 Å². The average Bonchev–Trinajstić information content (AvgIpc) is 2.81. The Labute approximate surface area is 188 Å². The molecule has 0 fully saturated rings. The second kappa shape index (κ2) is 11.1. The maximum atomic E-state index is 12.2. The first-order valence-electron chi connectivity index (χ1n) is 10.9. The highest BCUT2D eigenvalue weighted by atomic mass is 16.5. The Kier molecular flexibility index (Phi) is 8.02. The van der Waals surface area contributed by atoms with Crippen LogP contribution < -0.4 is 20.5 Å². The Bertz CT molecular complexity index is 1090. The van der Waals surface area contributed by atoms with Crippen LogP contribution in [-0.2, 0) is 11.3 Å². The Morgan fingerprint density at radius 1 is 1.06 bits per heavy atom. The summed E-state index contributed by atoms with van der Waals surface area (Å²) in [6.45, 7) is 8.49. The molecule has 7 nitrogen and oxygen atoms in total. The summed E-state index contributed by atoms with van der Waals surface area (Å²) in [7, 11) is 0. The van der Waals surface area contributed by atoms with Crippen molar-refractivity contribution in [3.63, 3.8) is 0 Å². The molecule has 7 heteroatoms. The van der Waals surface area contributed by atoms with E-state index in [0.29, 0.717) is 11.4 Å². The van der Waals surface area contributed by atoms with Gasteiger partial charge in [-0.05, 0) is 39.0 Å². The number of aromatic nitrogens is 2. The van der Waals surface area contributed by atoms with E-state index in [1.54, 1.807) is 6.07 Å². The molecule has 1 heterocycles. The SMILES string of the molecule is CCN(CC)c1cccc(OCC(=O)NCCn2nc(-c3ccc(C)cc3)ccc2=O)c1. The van der Waals surface area contributed by atoms with Gasteiger partial charge in [0, 0.05) is 43.0 Å². The van der Waals surface area contributed by atoms with Gasteiger partial charge < -0.3 is 15.0 Å². The molecule has 0 spiro atoms. The molecule has 0 bridgehead atoms. The molecule has 2 aromatic carbocycles. The summed E-state index contributed by atoms with van der Waals surface area (Å²) in [5.74, 6) is 0.397. The molecule has 1 aromatic heterocycles. The van der Waals surface area contributed by atoms with Crippen molar-refractivity contribution in [3.8, 4) is 17.0 Å². The maximum absolute atomic E-state index is 12.2. The van der Waals surface area contributed by atoms with E-state index in [1.165, 1.54) is 10.7 Å². The number of aryl methyl sites for hydroxylation is 1. The van der Waals surface area contributed by atoms with Gasteiger partial charge in [0.2, 0.25) is 0 Å². The number of hydrogen-bond acceptors (Lipinski definition) is 5. The molecular weight excluding hydrogens is 404 g/mol. The number of amides is 1. The zero-order valence-electron chi connectivity index (χ0n) is 18.9. The van der Waals surface area contributed by atoms with E-state index in [4.69, 9.17) is 4.74 Å². The van der Waals surface area contributed by atoms with Crippen molar-refractivity contribution in [1.82, 2.24) is 15.1 Å². The molecule has 3 rings (SSSR count). The van der Waals surface area contributed by atoms with Gasteiger partial charge in [0.15, 0.2) is 6.61 Å². The molecule has 0 atom stereocenters. The number of anilines is 1. The van der Waals surface area contributed by atoms with E-state index in [9.17, 15) is 9.59 Å². The van der Waals surface area contributed by atoms with E-state index in [2.05, 4.69) is 29.2 Å². The number of benzene rings is 2. The van der Waals surface area contributed by atoms with Crippen molar-refractivity contribution < 1.29 is 9.53 Å².